The van der Waals surface area contributed by atoms with Gasteiger partial charge in [-0.25, -0.2) is 9.97 Å². The van der Waals surface area contributed by atoms with E-state index in [4.69, 9.17) is 4.98 Å². The van der Waals surface area contributed by atoms with Crippen LogP contribution in [-0.2, 0) is 5.75 Å². The first-order valence-corrected chi connectivity index (χ1v) is 10.6. The molecule has 0 unspecified atom stereocenters. The van der Waals surface area contributed by atoms with Gasteiger partial charge in [-0.3, -0.25) is 4.98 Å². The second-order valence-corrected chi connectivity index (χ2v) is 8.07. The minimum absolute atomic E-state index is 0.913. The molecule has 3 aromatic rings. The third-order valence-electron chi connectivity index (χ3n) is 4.31. The Balaban J connectivity index is 1.36. The van der Waals surface area contributed by atoms with E-state index in [2.05, 4.69) is 49.4 Å². The van der Waals surface area contributed by atoms with Crippen LogP contribution in [0.5, 0.6) is 0 Å². The molecule has 1 fully saturated rings. The fourth-order valence-electron chi connectivity index (χ4n) is 2.91. The molecule has 26 heavy (non-hydrogen) atoms. The number of aryl methyl sites for hydroxylation is 1. The average Bonchev–Trinajstić information content (AvgIpc) is 3.14. The van der Waals surface area contributed by atoms with Crippen molar-refractivity contribution in [2.75, 3.05) is 36.0 Å². The molecule has 0 bridgehead atoms. The summed E-state index contributed by atoms with van der Waals surface area (Å²) in [6.07, 6.45) is 3.72. The zero-order valence-electron chi connectivity index (χ0n) is 14.7. The highest BCUT2D eigenvalue weighted by Crippen LogP contribution is 2.25. The van der Waals surface area contributed by atoms with E-state index in [1.165, 1.54) is 5.56 Å². The molecule has 5 nitrogen and oxygen atoms in total. The zero-order valence-corrected chi connectivity index (χ0v) is 16.3. The lowest BCUT2D eigenvalue weighted by Gasteiger charge is -2.35. The Hall–Kier alpha value is -2.12. The summed E-state index contributed by atoms with van der Waals surface area (Å²) in [5, 5.41) is 4.21. The van der Waals surface area contributed by atoms with Crippen LogP contribution in [0.3, 0.4) is 0 Å². The van der Waals surface area contributed by atoms with E-state index in [0.29, 0.717) is 0 Å². The topological polar surface area (TPSA) is 45.2 Å². The summed E-state index contributed by atoms with van der Waals surface area (Å²) < 4.78 is 0. The van der Waals surface area contributed by atoms with Gasteiger partial charge in [0.05, 0.1) is 18.1 Å². The Morgan fingerprint density at radius 2 is 1.77 bits per heavy atom. The van der Waals surface area contributed by atoms with Crippen molar-refractivity contribution in [3.63, 3.8) is 0 Å². The predicted molar refractivity (Wildman–Crippen MR) is 109 cm³/mol. The van der Waals surface area contributed by atoms with Crippen molar-refractivity contribution in [2.45, 2.75) is 17.7 Å². The molecule has 2 aromatic heterocycles. The first-order chi connectivity index (χ1) is 12.8. The monoisotopic (exact) mass is 383 g/mol. The highest BCUT2D eigenvalue weighted by atomic mass is 32.2. The van der Waals surface area contributed by atoms with E-state index in [1.807, 2.05) is 25.4 Å². The molecular formula is C19H21N5S2. The number of nitrogens with zero attached hydrogens (tertiary/aromatic N) is 5. The van der Waals surface area contributed by atoms with Crippen molar-refractivity contribution in [3.05, 3.63) is 59.4 Å². The lowest BCUT2D eigenvalue weighted by atomic mass is 10.2. The van der Waals surface area contributed by atoms with Crippen LogP contribution in [0.25, 0.3) is 0 Å². The molecule has 0 aliphatic carbocycles. The number of hydrogen-bond donors (Lipinski definition) is 0. The van der Waals surface area contributed by atoms with Crippen LogP contribution in [0.4, 0.5) is 10.9 Å². The summed E-state index contributed by atoms with van der Waals surface area (Å²) in [5.41, 5.74) is 2.40. The number of aromatic nitrogens is 3. The third-order valence-corrected chi connectivity index (χ3v) is 6.30. The molecule has 0 saturated carbocycles. The average molecular weight is 384 g/mol. The maximum atomic E-state index is 4.81. The largest absolute Gasteiger partial charge is 0.352 e. The smallest absolute Gasteiger partial charge is 0.185 e. The van der Waals surface area contributed by atoms with Crippen molar-refractivity contribution in [1.82, 2.24) is 15.0 Å². The van der Waals surface area contributed by atoms with Crippen LogP contribution in [0, 0.1) is 6.92 Å². The summed E-state index contributed by atoms with van der Waals surface area (Å²) in [6.45, 7) is 5.87. The van der Waals surface area contributed by atoms with Crippen molar-refractivity contribution in [3.8, 4) is 0 Å². The van der Waals surface area contributed by atoms with Crippen LogP contribution >= 0.6 is 23.1 Å². The number of hydrogen-bond acceptors (Lipinski definition) is 7. The van der Waals surface area contributed by atoms with Gasteiger partial charge in [0.25, 0.3) is 0 Å². The second kappa shape index (κ2) is 8.05. The molecular weight excluding hydrogens is 362 g/mol. The van der Waals surface area contributed by atoms with Crippen molar-refractivity contribution >= 4 is 34.0 Å². The zero-order chi connectivity index (χ0) is 17.8. The Morgan fingerprint density at radius 3 is 2.50 bits per heavy atom. The van der Waals surface area contributed by atoms with Crippen LogP contribution in [-0.4, -0.2) is 41.1 Å². The fourth-order valence-corrected chi connectivity index (χ4v) is 4.56. The van der Waals surface area contributed by atoms with E-state index in [1.54, 1.807) is 23.1 Å². The minimum atomic E-state index is 0.913. The fraction of sp³-hybridized carbons (Fsp3) is 0.316. The van der Waals surface area contributed by atoms with E-state index in [-0.39, 0.29) is 0 Å². The molecule has 0 radical (unpaired) electrons. The van der Waals surface area contributed by atoms with E-state index < -0.39 is 0 Å². The molecule has 1 aliphatic heterocycles. The van der Waals surface area contributed by atoms with Crippen molar-refractivity contribution < 1.29 is 0 Å². The Kier molecular flexibility index (Phi) is 5.36. The summed E-state index contributed by atoms with van der Waals surface area (Å²) in [5.74, 6) is 1.88. The Bertz CT molecular complexity index is 844. The minimum Gasteiger partial charge on any atom is -0.352 e. The molecule has 0 spiro atoms. The Labute approximate surface area is 162 Å². The van der Waals surface area contributed by atoms with Crippen molar-refractivity contribution in [1.29, 1.82) is 0 Å². The number of anilines is 2. The molecule has 4 rings (SSSR count). The third kappa shape index (κ3) is 4.16. The van der Waals surface area contributed by atoms with Crippen molar-refractivity contribution in [2.24, 2.45) is 0 Å². The highest BCUT2D eigenvalue weighted by molar-refractivity contribution is 7.98. The van der Waals surface area contributed by atoms with Gasteiger partial charge in [-0.15, -0.1) is 23.1 Å². The van der Waals surface area contributed by atoms with Crippen LogP contribution in [0.15, 0.2) is 53.1 Å². The SMILES string of the molecule is Cc1csc(N2CCN(c3cncc(SCc4ccccc4)n3)CC2)n1. The van der Waals surface area contributed by atoms with Gasteiger partial charge in [0.2, 0.25) is 0 Å². The molecule has 0 amide bonds. The molecule has 1 saturated heterocycles. The predicted octanol–water partition coefficient (Wildman–Crippen LogP) is 3.86. The summed E-state index contributed by atoms with van der Waals surface area (Å²) in [7, 11) is 0. The second-order valence-electron chi connectivity index (χ2n) is 6.24. The van der Waals surface area contributed by atoms with Crippen LogP contribution in [0.2, 0.25) is 0 Å². The maximum Gasteiger partial charge on any atom is 0.185 e. The van der Waals surface area contributed by atoms with E-state index >= 15 is 0 Å². The lowest BCUT2D eigenvalue weighted by molar-refractivity contribution is 0.642. The molecule has 0 atom stereocenters. The van der Waals surface area contributed by atoms with Gasteiger partial charge < -0.3 is 9.80 Å². The van der Waals surface area contributed by atoms with Gasteiger partial charge in [-0.05, 0) is 12.5 Å². The molecule has 134 valence electrons. The number of benzene rings is 1. The van der Waals surface area contributed by atoms with Crippen LogP contribution in [0.1, 0.15) is 11.3 Å². The molecule has 1 aromatic carbocycles. The Morgan fingerprint density at radius 1 is 1.00 bits per heavy atom. The summed E-state index contributed by atoms with van der Waals surface area (Å²) in [6, 6.07) is 10.5. The normalized spacial score (nSPS) is 14.7. The van der Waals surface area contributed by atoms with Gasteiger partial charge in [-0.2, -0.15) is 0 Å². The number of thiazole rings is 1. The van der Waals surface area contributed by atoms with Gasteiger partial charge in [0, 0.05) is 37.3 Å². The van der Waals surface area contributed by atoms with Gasteiger partial charge >= 0.3 is 0 Å². The van der Waals surface area contributed by atoms with Crippen LogP contribution < -0.4 is 9.80 Å². The standard InChI is InChI=1S/C19H21N5S2/c1-15-13-26-19(21-15)24-9-7-23(8-10-24)17-11-20-12-18(22-17)25-14-16-5-3-2-4-6-16/h2-6,11-13H,7-10,14H2,1H3. The number of piperazine rings is 1. The number of rotatable bonds is 5. The van der Waals surface area contributed by atoms with Gasteiger partial charge in [0.15, 0.2) is 5.13 Å². The molecule has 0 N–H and O–H groups in total. The number of thioether (sulfide) groups is 1. The lowest BCUT2D eigenvalue weighted by Crippen LogP contribution is -2.46. The van der Waals surface area contributed by atoms with E-state index in [0.717, 1.165) is 53.6 Å². The molecule has 3 heterocycles. The highest BCUT2D eigenvalue weighted by Gasteiger charge is 2.20. The van der Waals surface area contributed by atoms with Gasteiger partial charge in [0.1, 0.15) is 10.8 Å². The quantitative estimate of drug-likeness (QED) is 0.624. The molecule has 1 aliphatic rings. The van der Waals surface area contributed by atoms with Gasteiger partial charge in [-0.1, -0.05) is 30.3 Å². The first kappa shape index (κ1) is 17.3. The first-order valence-electron chi connectivity index (χ1n) is 8.69. The van der Waals surface area contributed by atoms with E-state index in [9.17, 15) is 0 Å². The maximum absolute atomic E-state index is 4.81. The summed E-state index contributed by atoms with van der Waals surface area (Å²) >= 11 is 3.46. The summed E-state index contributed by atoms with van der Waals surface area (Å²) in [4.78, 5) is 18.5. The molecule has 7 heteroatoms.